The van der Waals surface area contributed by atoms with E-state index in [-0.39, 0.29) is 0 Å². The Labute approximate surface area is 402 Å². The molecule has 0 saturated heterocycles. The molecule has 6 heterocycles. The molecule has 0 fully saturated rings. The standard InChI is InChI=1S/C63H38N6O/c1-3-17-39(18-4-1)51-38-52(40-19-5-2-6-20-40)67-62(66-51)45-24-13-25-49-60(45)70-61-50(63(49)47-27-15-35-64-58(47)59-48(63)28-16-36-65-59)26-14-32-57(61)69-55-31-12-9-23-44(55)46-37-41(33-34-56(46)69)68-53-29-10-7-21-42(53)43-22-8-11-30-54(43)68/h1-38H. The van der Waals surface area contributed by atoms with Crippen molar-refractivity contribution >= 4 is 43.6 Å². The normalized spacial score (nSPS) is 13.1. The molecule has 0 amide bonds. The third-order valence-electron chi connectivity index (χ3n) is 14.5. The van der Waals surface area contributed by atoms with Gasteiger partial charge in [-0.15, -0.1) is 0 Å². The number of ether oxygens (including phenoxy) is 1. The quantitative estimate of drug-likeness (QED) is 0.172. The van der Waals surface area contributed by atoms with Crippen LogP contribution in [0.3, 0.4) is 0 Å². The molecule has 0 N–H and O–H groups in total. The maximum absolute atomic E-state index is 7.66. The topological polar surface area (TPSA) is 70.7 Å². The molecule has 13 aromatic rings. The fourth-order valence-electron chi connectivity index (χ4n) is 11.6. The number of benzene rings is 8. The summed E-state index contributed by atoms with van der Waals surface area (Å²) < 4.78 is 12.4. The van der Waals surface area contributed by atoms with Crippen LogP contribution >= 0.6 is 0 Å². The Morgan fingerprint density at radius 3 is 1.49 bits per heavy atom. The Kier molecular flexibility index (Phi) is 8.15. The number of rotatable bonds is 5. The van der Waals surface area contributed by atoms with Crippen molar-refractivity contribution in [2.45, 2.75) is 5.41 Å². The third kappa shape index (κ3) is 5.34. The number of para-hydroxylation sites is 5. The number of hydrogen-bond donors (Lipinski definition) is 0. The van der Waals surface area contributed by atoms with E-state index in [1.807, 2.05) is 60.9 Å². The molecule has 0 bridgehead atoms. The largest absolute Gasteiger partial charge is 0.454 e. The average Bonchev–Trinajstić information content (AvgIpc) is 4.05. The lowest BCUT2D eigenvalue weighted by Gasteiger charge is -2.40. The van der Waals surface area contributed by atoms with Crippen molar-refractivity contribution in [2.24, 2.45) is 0 Å². The monoisotopic (exact) mass is 894 g/mol. The van der Waals surface area contributed by atoms with Crippen molar-refractivity contribution in [1.82, 2.24) is 29.1 Å². The molecule has 326 valence electrons. The number of fused-ring (bicyclic) bond motifs is 15. The van der Waals surface area contributed by atoms with Crippen molar-refractivity contribution in [2.75, 3.05) is 0 Å². The van der Waals surface area contributed by atoms with Gasteiger partial charge in [-0.25, -0.2) is 9.97 Å². The van der Waals surface area contributed by atoms with Crippen LogP contribution in [0.15, 0.2) is 231 Å². The summed E-state index contributed by atoms with van der Waals surface area (Å²) in [5, 5.41) is 4.75. The fraction of sp³-hybridized carbons (Fsp3) is 0.0159. The minimum Gasteiger partial charge on any atom is -0.454 e. The predicted octanol–water partition coefficient (Wildman–Crippen LogP) is 14.9. The van der Waals surface area contributed by atoms with Crippen LogP contribution in [0.4, 0.5) is 0 Å². The maximum Gasteiger partial charge on any atom is 0.164 e. The molecule has 8 aromatic carbocycles. The summed E-state index contributed by atoms with van der Waals surface area (Å²) in [5.41, 5.74) is 15.9. The lowest BCUT2D eigenvalue weighted by Crippen LogP contribution is -2.33. The summed E-state index contributed by atoms with van der Waals surface area (Å²) in [6, 6.07) is 77.1. The molecule has 7 nitrogen and oxygen atoms in total. The van der Waals surface area contributed by atoms with Gasteiger partial charge in [-0.2, -0.15) is 0 Å². The zero-order valence-electron chi connectivity index (χ0n) is 37.5. The highest BCUT2D eigenvalue weighted by atomic mass is 16.5. The smallest absolute Gasteiger partial charge is 0.164 e. The van der Waals surface area contributed by atoms with E-state index >= 15 is 0 Å². The lowest BCUT2D eigenvalue weighted by molar-refractivity contribution is 0.436. The van der Waals surface area contributed by atoms with Crippen molar-refractivity contribution < 1.29 is 4.74 Å². The van der Waals surface area contributed by atoms with Crippen LogP contribution in [-0.4, -0.2) is 29.1 Å². The second-order valence-electron chi connectivity index (χ2n) is 18.1. The van der Waals surface area contributed by atoms with Crippen LogP contribution in [0.2, 0.25) is 0 Å². The first-order valence-electron chi connectivity index (χ1n) is 23.6. The van der Waals surface area contributed by atoms with E-state index in [0.29, 0.717) is 11.6 Å². The molecular formula is C63H38N6O. The molecule has 0 atom stereocenters. The van der Waals surface area contributed by atoms with E-state index in [4.69, 9.17) is 24.7 Å². The van der Waals surface area contributed by atoms with E-state index in [1.54, 1.807) is 0 Å². The van der Waals surface area contributed by atoms with E-state index < -0.39 is 5.41 Å². The highest BCUT2D eigenvalue weighted by Gasteiger charge is 2.53. The van der Waals surface area contributed by atoms with Gasteiger partial charge in [0.2, 0.25) is 0 Å². The zero-order valence-corrected chi connectivity index (χ0v) is 37.5. The van der Waals surface area contributed by atoms with Gasteiger partial charge in [0, 0.05) is 61.9 Å². The molecule has 0 radical (unpaired) electrons. The van der Waals surface area contributed by atoms with Crippen molar-refractivity contribution in [3.63, 3.8) is 0 Å². The Hall–Kier alpha value is -9.46. The first kappa shape index (κ1) is 38.6. The van der Waals surface area contributed by atoms with Gasteiger partial charge in [0.25, 0.3) is 0 Å². The summed E-state index contributed by atoms with van der Waals surface area (Å²) in [6.45, 7) is 0. The molecule has 1 spiro atoms. The Bertz CT molecular complexity index is 4130. The third-order valence-corrected chi connectivity index (χ3v) is 14.5. The molecule has 1 aliphatic carbocycles. The number of aromatic nitrogens is 6. The van der Waals surface area contributed by atoms with Gasteiger partial charge < -0.3 is 13.9 Å². The first-order chi connectivity index (χ1) is 34.7. The van der Waals surface area contributed by atoms with Gasteiger partial charge in [0.15, 0.2) is 11.6 Å². The predicted molar refractivity (Wildman–Crippen MR) is 280 cm³/mol. The Balaban J connectivity index is 1.01. The minimum atomic E-state index is -0.857. The Morgan fingerprint density at radius 1 is 0.371 bits per heavy atom. The van der Waals surface area contributed by atoms with Crippen LogP contribution in [0, 0.1) is 0 Å². The van der Waals surface area contributed by atoms with Gasteiger partial charge in [0.05, 0.1) is 61.5 Å². The molecule has 0 saturated carbocycles. The summed E-state index contributed by atoms with van der Waals surface area (Å²) in [7, 11) is 0. The van der Waals surface area contributed by atoms with Crippen molar-refractivity contribution in [1.29, 1.82) is 0 Å². The number of hydrogen-bond acceptors (Lipinski definition) is 5. The molecule has 15 rings (SSSR count). The molecule has 2 aliphatic rings. The Morgan fingerprint density at radius 2 is 0.871 bits per heavy atom. The van der Waals surface area contributed by atoms with E-state index in [9.17, 15) is 0 Å². The highest BCUT2D eigenvalue weighted by Crippen LogP contribution is 2.63. The van der Waals surface area contributed by atoms with Crippen LogP contribution in [0.1, 0.15) is 22.3 Å². The second kappa shape index (κ2) is 14.8. The molecule has 0 unspecified atom stereocenters. The van der Waals surface area contributed by atoms with E-state index in [1.165, 1.54) is 21.8 Å². The molecular weight excluding hydrogens is 857 g/mol. The van der Waals surface area contributed by atoms with Crippen LogP contribution in [-0.2, 0) is 5.41 Å². The van der Waals surface area contributed by atoms with Crippen LogP contribution < -0.4 is 4.74 Å². The van der Waals surface area contributed by atoms with Crippen LogP contribution in [0.25, 0.3) is 100 Å². The fourth-order valence-corrected chi connectivity index (χ4v) is 11.6. The van der Waals surface area contributed by atoms with Crippen molar-refractivity contribution in [3.8, 4) is 68.2 Å². The second-order valence-corrected chi connectivity index (χ2v) is 18.1. The van der Waals surface area contributed by atoms with Crippen molar-refractivity contribution in [3.05, 3.63) is 253 Å². The van der Waals surface area contributed by atoms with E-state index in [0.717, 1.165) is 101 Å². The zero-order chi connectivity index (χ0) is 45.9. The van der Waals surface area contributed by atoms with Crippen LogP contribution in [0.5, 0.6) is 11.5 Å². The molecule has 70 heavy (non-hydrogen) atoms. The molecule has 1 aliphatic heterocycles. The van der Waals surface area contributed by atoms with Gasteiger partial charge in [0.1, 0.15) is 5.75 Å². The van der Waals surface area contributed by atoms with Gasteiger partial charge in [-0.3, -0.25) is 9.97 Å². The number of nitrogens with zero attached hydrogens (tertiary/aromatic N) is 6. The van der Waals surface area contributed by atoms with Gasteiger partial charge in [-0.1, -0.05) is 152 Å². The molecule has 5 aromatic heterocycles. The van der Waals surface area contributed by atoms with Gasteiger partial charge in [-0.05, 0) is 77.9 Å². The molecule has 7 heteroatoms. The number of pyridine rings is 2. The van der Waals surface area contributed by atoms with E-state index in [2.05, 4.69) is 179 Å². The first-order valence-corrected chi connectivity index (χ1v) is 23.6. The summed E-state index contributed by atoms with van der Waals surface area (Å²) in [6.07, 6.45) is 3.73. The lowest BCUT2D eigenvalue weighted by atomic mass is 9.66. The summed E-state index contributed by atoms with van der Waals surface area (Å²) in [4.78, 5) is 20.8. The summed E-state index contributed by atoms with van der Waals surface area (Å²) >= 11 is 0. The van der Waals surface area contributed by atoms with Gasteiger partial charge >= 0.3 is 0 Å². The summed E-state index contributed by atoms with van der Waals surface area (Å²) in [5.74, 6) is 2.00. The minimum absolute atomic E-state index is 0.568. The maximum atomic E-state index is 7.66. The SMILES string of the molecule is c1ccc(-c2cc(-c3ccccc3)nc(-c3cccc4c3Oc3c(-n5c6ccccc6c6cc(-n7c8ccccc8c8ccccc87)ccc65)cccc3C43c4cccnc4-c4ncccc43)n2)cc1. The average molecular weight is 895 g/mol. The highest BCUT2D eigenvalue weighted by molar-refractivity contribution is 6.12.